The van der Waals surface area contributed by atoms with Crippen molar-refractivity contribution in [1.82, 2.24) is 4.98 Å². The molecule has 1 aromatic heterocycles. The number of fused-ring (bicyclic) bond motifs is 2. The number of benzene rings is 1. The summed E-state index contributed by atoms with van der Waals surface area (Å²) in [5.41, 5.74) is 9.63. The lowest BCUT2D eigenvalue weighted by Crippen LogP contribution is -2.28. The first-order valence-corrected chi connectivity index (χ1v) is 5.46. The van der Waals surface area contributed by atoms with Gasteiger partial charge in [-0.05, 0) is 30.5 Å². The number of aromatic nitrogens is 1. The maximum atomic E-state index is 5.95. The minimum absolute atomic E-state index is 0.297. The highest BCUT2D eigenvalue weighted by atomic mass is 14.7. The summed E-state index contributed by atoms with van der Waals surface area (Å²) in [5, 5.41) is 1.24. The number of para-hydroxylation sites is 1. The van der Waals surface area contributed by atoms with Gasteiger partial charge in [-0.1, -0.05) is 18.2 Å². The Morgan fingerprint density at radius 1 is 1.27 bits per heavy atom. The van der Waals surface area contributed by atoms with Gasteiger partial charge in [0.15, 0.2) is 0 Å². The van der Waals surface area contributed by atoms with E-state index in [0.717, 1.165) is 24.8 Å². The average molecular weight is 198 g/mol. The van der Waals surface area contributed by atoms with Crippen LogP contribution >= 0.6 is 0 Å². The van der Waals surface area contributed by atoms with Gasteiger partial charge in [0.25, 0.3) is 0 Å². The van der Waals surface area contributed by atoms with Crippen LogP contribution in [0.3, 0.4) is 0 Å². The predicted molar refractivity (Wildman–Crippen MR) is 61.7 cm³/mol. The van der Waals surface area contributed by atoms with Gasteiger partial charge in [-0.15, -0.1) is 0 Å². The molecule has 15 heavy (non-hydrogen) atoms. The summed E-state index contributed by atoms with van der Waals surface area (Å²) in [7, 11) is 0. The highest BCUT2D eigenvalue weighted by Crippen LogP contribution is 2.23. The molecule has 1 aliphatic carbocycles. The molecule has 0 aliphatic heterocycles. The molecule has 0 bridgehead atoms. The van der Waals surface area contributed by atoms with Gasteiger partial charge in [-0.2, -0.15) is 0 Å². The van der Waals surface area contributed by atoms with E-state index in [9.17, 15) is 0 Å². The van der Waals surface area contributed by atoms with Gasteiger partial charge in [-0.3, -0.25) is 4.98 Å². The highest BCUT2D eigenvalue weighted by Gasteiger charge is 2.16. The predicted octanol–water partition coefficient (Wildman–Crippen LogP) is 2.05. The fourth-order valence-corrected chi connectivity index (χ4v) is 2.28. The zero-order chi connectivity index (χ0) is 10.3. The summed E-state index contributed by atoms with van der Waals surface area (Å²) in [4.78, 5) is 4.69. The van der Waals surface area contributed by atoms with Crippen molar-refractivity contribution in [2.45, 2.75) is 25.3 Å². The fourth-order valence-electron chi connectivity index (χ4n) is 2.28. The molecule has 0 saturated carbocycles. The van der Waals surface area contributed by atoms with Crippen LogP contribution < -0.4 is 5.73 Å². The second-order valence-corrected chi connectivity index (χ2v) is 4.29. The molecule has 1 aliphatic rings. The first-order chi connectivity index (χ1) is 7.33. The molecule has 1 aromatic carbocycles. The van der Waals surface area contributed by atoms with E-state index in [1.54, 1.807) is 0 Å². The number of aryl methyl sites for hydroxylation is 1. The normalized spacial score (nSPS) is 20.2. The van der Waals surface area contributed by atoms with Crippen molar-refractivity contribution in [1.29, 1.82) is 0 Å². The minimum Gasteiger partial charge on any atom is -0.327 e. The second kappa shape index (κ2) is 3.31. The van der Waals surface area contributed by atoms with E-state index in [4.69, 9.17) is 5.73 Å². The van der Waals surface area contributed by atoms with E-state index >= 15 is 0 Å². The molecule has 1 unspecified atom stereocenters. The Morgan fingerprint density at radius 3 is 3.07 bits per heavy atom. The zero-order valence-electron chi connectivity index (χ0n) is 8.61. The Kier molecular flexibility index (Phi) is 1.96. The molecule has 0 amide bonds. The van der Waals surface area contributed by atoms with E-state index in [1.807, 2.05) is 6.07 Å². The number of nitrogens with two attached hydrogens (primary N) is 1. The Morgan fingerprint density at radius 2 is 2.13 bits per heavy atom. The zero-order valence-corrected chi connectivity index (χ0v) is 8.61. The summed E-state index contributed by atoms with van der Waals surface area (Å²) < 4.78 is 0. The van der Waals surface area contributed by atoms with Crippen LogP contribution in [0.5, 0.6) is 0 Å². The quantitative estimate of drug-likeness (QED) is 0.703. The van der Waals surface area contributed by atoms with Crippen molar-refractivity contribution >= 4 is 10.9 Å². The largest absolute Gasteiger partial charge is 0.327 e. The van der Waals surface area contributed by atoms with E-state index in [2.05, 4.69) is 29.2 Å². The van der Waals surface area contributed by atoms with Crippen molar-refractivity contribution in [2.24, 2.45) is 5.73 Å². The van der Waals surface area contributed by atoms with Gasteiger partial charge in [0.1, 0.15) is 0 Å². The Labute approximate surface area is 89.1 Å². The molecule has 3 rings (SSSR count). The van der Waals surface area contributed by atoms with Crippen LogP contribution in [-0.4, -0.2) is 11.0 Å². The molecule has 0 fully saturated rings. The molecule has 2 heteroatoms. The molecule has 2 nitrogen and oxygen atoms in total. The standard InChI is InChI=1S/C13H14N2/c14-11-6-5-10-7-9-3-1-2-4-12(9)15-13(10)8-11/h1-4,7,11H,5-6,8,14H2. The van der Waals surface area contributed by atoms with E-state index in [1.165, 1.54) is 16.6 Å². The van der Waals surface area contributed by atoms with E-state index in [0.29, 0.717) is 6.04 Å². The molecule has 2 aromatic rings. The van der Waals surface area contributed by atoms with Crippen molar-refractivity contribution in [3.63, 3.8) is 0 Å². The number of rotatable bonds is 0. The first-order valence-electron chi connectivity index (χ1n) is 5.46. The van der Waals surface area contributed by atoms with E-state index < -0.39 is 0 Å². The lowest BCUT2D eigenvalue weighted by atomic mass is 9.91. The van der Waals surface area contributed by atoms with Gasteiger partial charge in [0.2, 0.25) is 0 Å². The van der Waals surface area contributed by atoms with Crippen LogP contribution in [0, 0.1) is 0 Å². The molecule has 0 spiro atoms. The number of nitrogens with zero attached hydrogens (tertiary/aromatic N) is 1. The number of hydrogen-bond acceptors (Lipinski definition) is 2. The van der Waals surface area contributed by atoms with Crippen molar-refractivity contribution < 1.29 is 0 Å². The van der Waals surface area contributed by atoms with Crippen LogP contribution in [0.25, 0.3) is 10.9 Å². The third-order valence-corrected chi connectivity index (χ3v) is 3.13. The minimum atomic E-state index is 0.297. The lowest BCUT2D eigenvalue weighted by molar-refractivity contribution is 0.567. The maximum Gasteiger partial charge on any atom is 0.0705 e. The Bertz CT molecular complexity index is 505. The first kappa shape index (κ1) is 8.86. The molecule has 1 atom stereocenters. The molecule has 1 heterocycles. The third-order valence-electron chi connectivity index (χ3n) is 3.13. The highest BCUT2D eigenvalue weighted by molar-refractivity contribution is 5.79. The summed E-state index contributed by atoms with van der Waals surface area (Å²) in [5.74, 6) is 0. The molecule has 76 valence electrons. The second-order valence-electron chi connectivity index (χ2n) is 4.29. The Hall–Kier alpha value is -1.41. The van der Waals surface area contributed by atoms with Crippen molar-refractivity contribution in [3.8, 4) is 0 Å². The van der Waals surface area contributed by atoms with Crippen LogP contribution in [0.2, 0.25) is 0 Å². The summed E-state index contributed by atoms with van der Waals surface area (Å²) >= 11 is 0. The van der Waals surface area contributed by atoms with Gasteiger partial charge >= 0.3 is 0 Å². The Balaban J connectivity index is 2.20. The topological polar surface area (TPSA) is 38.9 Å². The van der Waals surface area contributed by atoms with Gasteiger partial charge in [-0.25, -0.2) is 0 Å². The summed E-state index contributed by atoms with van der Waals surface area (Å²) in [6.07, 6.45) is 3.10. The monoisotopic (exact) mass is 198 g/mol. The van der Waals surface area contributed by atoms with Crippen LogP contribution in [0.15, 0.2) is 30.3 Å². The average Bonchev–Trinajstić information content (AvgIpc) is 2.26. The van der Waals surface area contributed by atoms with Gasteiger partial charge in [0, 0.05) is 23.5 Å². The fraction of sp³-hybridized carbons (Fsp3) is 0.308. The molecule has 0 saturated heterocycles. The summed E-state index contributed by atoms with van der Waals surface area (Å²) in [6, 6.07) is 10.8. The molecule has 2 N–H and O–H groups in total. The van der Waals surface area contributed by atoms with Crippen LogP contribution in [-0.2, 0) is 12.8 Å². The van der Waals surface area contributed by atoms with Gasteiger partial charge < -0.3 is 5.73 Å². The smallest absolute Gasteiger partial charge is 0.0705 e. The third kappa shape index (κ3) is 1.51. The molecular weight excluding hydrogens is 184 g/mol. The van der Waals surface area contributed by atoms with Crippen LogP contribution in [0.1, 0.15) is 17.7 Å². The van der Waals surface area contributed by atoms with Crippen molar-refractivity contribution in [3.05, 3.63) is 41.6 Å². The molecule has 0 radical (unpaired) electrons. The SMILES string of the molecule is NC1CCc2cc3ccccc3nc2C1. The van der Waals surface area contributed by atoms with E-state index in [-0.39, 0.29) is 0 Å². The maximum absolute atomic E-state index is 5.95. The number of pyridine rings is 1. The van der Waals surface area contributed by atoms with Crippen LogP contribution in [0.4, 0.5) is 0 Å². The molecular formula is C13H14N2. The van der Waals surface area contributed by atoms with Crippen molar-refractivity contribution in [2.75, 3.05) is 0 Å². The van der Waals surface area contributed by atoms with Gasteiger partial charge in [0.05, 0.1) is 5.52 Å². The lowest BCUT2D eigenvalue weighted by Gasteiger charge is -2.20. The number of hydrogen-bond donors (Lipinski definition) is 1. The summed E-state index contributed by atoms with van der Waals surface area (Å²) in [6.45, 7) is 0.